The Hall–Kier alpha value is -2.84. The van der Waals surface area contributed by atoms with Crippen molar-refractivity contribution < 1.29 is 5.11 Å². The van der Waals surface area contributed by atoms with E-state index in [1.807, 2.05) is 43.0 Å². The monoisotopic (exact) mass is 320 g/mol. The van der Waals surface area contributed by atoms with Crippen molar-refractivity contribution in [1.82, 2.24) is 9.97 Å². The van der Waals surface area contributed by atoms with E-state index in [1.54, 1.807) is 19.3 Å². The maximum Gasteiger partial charge on any atom is 0.161 e. The second-order valence-electron chi connectivity index (χ2n) is 5.61. The van der Waals surface area contributed by atoms with Crippen LogP contribution in [-0.4, -0.2) is 27.8 Å². The molecule has 0 aliphatic carbocycles. The lowest BCUT2D eigenvalue weighted by Gasteiger charge is -2.33. The molecule has 2 aromatic rings. The Labute approximate surface area is 142 Å². The highest BCUT2D eigenvalue weighted by Crippen LogP contribution is 2.33. The van der Waals surface area contributed by atoms with Crippen molar-refractivity contribution in [2.24, 2.45) is 0 Å². The molecule has 0 bridgehead atoms. The number of hydrogen-bond donors (Lipinski definition) is 2. The summed E-state index contributed by atoms with van der Waals surface area (Å²) in [5.74, 6) is 7.24. The third-order valence-electron chi connectivity index (χ3n) is 3.88. The molecule has 1 atom stereocenters. The second kappa shape index (κ2) is 6.73. The number of rotatable bonds is 3. The number of fused-ring (bicyclic) bond motifs is 1. The largest absolute Gasteiger partial charge is 0.369 e. The molecule has 122 valence electrons. The maximum atomic E-state index is 10.5. The summed E-state index contributed by atoms with van der Waals surface area (Å²) >= 11 is 0. The Kier molecular flexibility index (Phi) is 4.50. The second-order valence-corrected chi connectivity index (χ2v) is 5.61. The molecule has 24 heavy (non-hydrogen) atoms. The number of nitrogens with zero attached hydrogens (tertiary/aromatic N) is 3. The van der Waals surface area contributed by atoms with Gasteiger partial charge in [-0.15, -0.1) is 5.92 Å². The van der Waals surface area contributed by atoms with Gasteiger partial charge in [0.15, 0.2) is 6.23 Å². The van der Waals surface area contributed by atoms with Crippen LogP contribution >= 0.6 is 0 Å². The highest BCUT2D eigenvalue weighted by molar-refractivity contribution is 5.78. The highest BCUT2D eigenvalue weighted by atomic mass is 16.3. The van der Waals surface area contributed by atoms with E-state index in [1.165, 1.54) is 0 Å². The summed E-state index contributed by atoms with van der Waals surface area (Å²) in [6, 6.07) is 5.84. The minimum atomic E-state index is -0.734. The van der Waals surface area contributed by atoms with Gasteiger partial charge in [-0.1, -0.05) is 12.0 Å². The predicted octanol–water partition coefficient (Wildman–Crippen LogP) is 3.09. The van der Waals surface area contributed by atoms with Crippen LogP contribution < -0.4 is 10.2 Å². The van der Waals surface area contributed by atoms with Crippen molar-refractivity contribution in [2.75, 3.05) is 16.8 Å². The molecular formula is C19H20N4O. The number of pyridine rings is 2. The Morgan fingerprint density at radius 1 is 1.25 bits per heavy atom. The van der Waals surface area contributed by atoms with Crippen LogP contribution in [0.4, 0.5) is 17.3 Å². The number of anilines is 3. The minimum absolute atomic E-state index is 0.670. The lowest BCUT2D eigenvalue weighted by molar-refractivity contribution is 0.210. The molecule has 0 fully saturated rings. The van der Waals surface area contributed by atoms with E-state index in [-0.39, 0.29) is 0 Å². The predicted molar refractivity (Wildman–Crippen MR) is 96.9 cm³/mol. The lowest BCUT2D eigenvalue weighted by Crippen LogP contribution is -2.38. The van der Waals surface area contributed by atoms with Crippen LogP contribution in [0.15, 0.2) is 36.2 Å². The SMILES string of the molecule is CC#CC1=Cc2cnc(Nc3ccc(C)cn3)cc2N(CC)C1O. The number of nitrogens with one attached hydrogen (secondary N) is 1. The molecule has 0 spiro atoms. The molecule has 2 N–H and O–H groups in total. The smallest absolute Gasteiger partial charge is 0.161 e. The minimum Gasteiger partial charge on any atom is -0.369 e. The molecule has 0 saturated carbocycles. The Morgan fingerprint density at radius 2 is 2.04 bits per heavy atom. The van der Waals surface area contributed by atoms with Crippen LogP contribution in [0.1, 0.15) is 25.0 Å². The van der Waals surface area contributed by atoms with Crippen LogP contribution in [0.2, 0.25) is 0 Å². The number of aliphatic hydroxyl groups excluding tert-OH is 1. The molecule has 1 aliphatic heterocycles. The first-order chi connectivity index (χ1) is 11.6. The van der Waals surface area contributed by atoms with Gasteiger partial charge in [-0.05, 0) is 38.5 Å². The normalized spacial score (nSPS) is 15.9. The first-order valence-corrected chi connectivity index (χ1v) is 7.91. The third kappa shape index (κ3) is 3.10. The van der Waals surface area contributed by atoms with E-state index in [9.17, 15) is 5.11 Å². The van der Waals surface area contributed by atoms with E-state index in [2.05, 4.69) is 27.1 Å². The first-order valence-electron chi connectivity index (χ1n) is 7.91. The fraction of sp³-hybridized carbons (Fsp3) is 0.263. The van der Waals surface area contributed by atoms with Gasteiger partial charge < -0.3 is 15.3 Å². The van der Waals surface area contributed by atoms with Crippen LogP contribution in [0.3, 0.4) is 0 Å². The number of aliphatic hydroxyl groups is 1. The van der Waals surface area contributed by atoms with Crippen LogP contribution in [0, 0.1) is 18.8 Å². The van der Waals surface area contributed by atoms with Crippen LogP contribution in [0.5, 0.6) is 0 Å². The fourth-order valence-electron chi connectivity index (χ4n) is 2.69. The fourth-order valence-corrected chi connectivity index (χ4v) is 2.69. The number of aromatic nitrogens is 2. The maximum absolute atomic E-state index is 10.5. The molecule has 0 saturated heterocycles. The van der Waals surface area contributed by atoms with Crippen molar-refractivity contribution in [3.05, 3.63) is 47.3 Å². The van der Waals surface area contributed by atoms with E-state index in [4.69, 9.17) is 0 Å². The average Bonchev–Trinajstić information content (AvgIpc) is 2.58. The van der Waals surface area contributed by atoms with Gasteiger partial charge in [0, 0.05) is 30.6 Å². The topological polar surface area (TPSA) is 61.3 Å². The van der Waals surface area contributed by atoms with Gasteiger partial charge in [0.25, 0.3) is 0 Å². The molecular weight excluding hydrogens is 300 g/mol. The van der Waals surface area contributed by atoms with E-state index >= 15 is 0 Å². The van der Waals surface area contributed by atoms with Gasteiger partial charge in [-0.25, -0.2) is 9.97 Å². The molecule has 1 unspecified atom stereocenters. The van der Waals surface area contributed by atoms with Gasteiger partial charge in [0.1, 0.15) is 11.6 Å². The summed E-state index contributed by atoms with van der Waals surface area (Å²) in [5.41, 5.74) is 3.67. The molecule has 0 radical (unpaired) electrons. The molecule has 5 heteroatoms. The number of hydrogen-bond acceptors (Lipinski definition) is 5. The number of aryl methyl sites for hydroxylation is 1. The van der Waals surface area contributed by atoms with Gasteiger partial charge in [-0.3, -0.25) is 0 Å². The molecule has 1 aliphatic rings. The van der Waals surface area contributed by atoms with Crippen LogP contribution in [-0.2, 0) is 0 Å². The zero-order chi connectivity index (χ0) is 17.1. The van der Waals surface area contributed by atoms with E-state index in [0.29, 0.717) is 17.9 Å². The van der Waals surface area contributed by atoms with Crippen LogP contribution in [0.25, 0.3) is 6.08 Å². The molecule has 3 heterocycles. The Bertz CT molecular complexity index is 831. The van der Waals surface area contributed by atoms with E-state index in [0.717, 1.165) is 22.6 Å². The van der Waals surface area contributed by atoms with Crippen molar-refractivity contribution in [3.8, 4) is 11.8 Å². The number of likely N-dealkylation sites (N-methyl/N-ethyl adjacent to an activating group) is 1. The standard InChI is InChI=1S/C19H20N4O/c1-4-6-14-9-15-12-21-18(10-16(15)23(5-2)19(14)24)22-17-8-7-13(3)11-20-17/h7-12,19,24H,5H2,1-3H3,(H,20,21,22). The van der Waals surface area contributed by atoms with Gasteiger partial charge >= 0.3 is 0 Å². The lowest BCUT2D eigenvalue weighted by atomic mass is 10.0. The van der Waals surface area contributed by atoms with Crippen molar-refractivity contribution in [1.29, 1.82) is 0 Å². The summed E-state index contributed by atoms with van der Waals surface area (Å²) in [4.78, 5) is 10.7. The highest BCUT2D eigenvalue weighted by Gasteiger charge is 2.25. The first kappa shape index (κ1) is 16.0. The zero-order valence-corrected chi connectivity index (χ0v) is 14.0. The quantitative estimate of drug-likeness (QED) is 0.851. The van der Waals surface area contributed by atoms with Crippen molar-refractivity contribution >= 4 is 23.4 Å². The van der Waals surface area contributed by atoms with Gasteiger partial charge in [0.05, 0.1) is 11.3 Å². The summed E-state index contributed by atoms with van der Waals surface area (Å²) < 4.78 is 0. The van der Waals surface area contributed by atoms with E-state index < -0.39 is 6.23 Å². The zero-order valence-electron chi connectivity index (χ0n) is 14.0. The molecule has 5 nitrogen and oxygen atoms in total. The molecule has 2 aromatic heterocycles. The Morgan fingerprint density at radius 3 is 2.71 bits per heavy atom. The van der Waals surface area contributed by atoms with Gasteiger partial charge in [-0.2, -0.15) is 0 Å². The summed E-state index contributed by atoms with van der Waals surface area (Å²) in [6.45, 7) is 6.43. The molecule has 0 amide bonds. The van der Waals surface area contributed by atoms with Gasteiger partial charge in [0.2, 0.25) is 0 Å². The summed E-state index contributed by atoms with van der Waals surface area (Å²) in [6.07, 6.45) is 4.76. The summed E-state index contributed by atoms with van der Waals surface area (Å²) in [5, 5.41) is 13.7. The molecule has 3 rings (SSSR count). The average molecular weight is 320 g/mol. The van der Waals surface area contributed by atoms with Crippen molar-refractivity contribution in [3.63, 3.8) is 0 Å². The summed E-state index contributed by atoms with van der Waals surface area (Å²) in [7, 11) is 0. The molecule has 0 aromatic carbocycles. The Balaban J connectivity index is 1.96. The van der Waals surface area contributed by atoms with Crippen molar-refractivity contribution in [2.45, 2.75) is 27.0 Å². The third-order valence-corrected chi connectivity index (χ3v) is 3.88.